The number of carboxylic acids is 1. The van der Waals surface area contributed by atoms with Gasteiger partial charge >= 0.3 is 18.1 Å². The molecule has 0 saturated carbocycles. The van der Waals surface area contributed by atoms with E-state index in [1.807, 2.05) is 0 Å². The first-order valence-corrected chi connectivity index (χ1v) is 6.47. The highest BCUT2D eigenvalue weighted by Gasteiger charge is 2.39. The maximum Gasteiger partial charge on any atom is 0.471 e. The first kappa shape index (κ1) is 17.3. The second-order valence-electron chi connectivity index (χ2n) is 4.69. The molecule has 2 rings (SSSR count). The van der Waals surface area contributed by atoms with Crippen LogP contribution in [0.1, 0.15) is 16.1 Å². The van der Waals surface area contributed by atoms with Crippen LogP contribution in [0.5, 0.6) is 0 Å². The van der Waals surface area contributed by atoms with Gasteiger partial charge in [0.1, 0.15) is 5.58 Å². The number of anilines is 1. The summed E-state index contributed by atoms with van der Waals surface area (Å²) in [6, 6.07) is 3.02. The van der Waals surface area contributed by atoms with Gasteiger partial charge in [-0.05, 0) is 18.6 Å². The van der Waals surface area contributed by atoms with E-state index in [-0.39, 0.29) is 28.6 Å². The number of amides is 1. The van der Waals surface area contributed by atoms with Crippen molar-refractivity contribution in [3.63, 3.8) is 0 Å². The second kappa shape index (κ2) is 6.19. The van der Waals surface area contributed by atoms with E-state index in [1.165, 1.54) is 6.08 Å². The number of hydrogen-bond acceptors (Lipinski definition) is 4. The van der Waals surface area contributed by atoms with Crippen molar-refractivity contribution in [2.24, 2.45) is 0 Å². The molecule has 1 aromatic carbocycles. The standard InChI is InChI=1S/C15H10F3NO5/c1-2-3-7-9(19-14(23)15(16,17)18)5-4-8-10(20)6-11(13(21)22)24-12(7)8/h2,4-6H,1,3H2,(H,19,23)(H,21,22). The summed E-state index contributed by atoms with van der Waals surface area (Å²) in [6.07, 6.45) is -3.85. The van der Waals surface area contributed by atoms with Crippen molar-refractivity contribution >= 4 is 28.5 Å². The molecule has 0 radical (unpaired) electrons. The Kier molecular flexibility index (Phi) is 4.45. The molecular weight excluding hydrogens is 331 g/mol. The van der Waals surface area contributed by atoms with Crippen LogP contribution in [0, 0.1) is 0 Å². The van der Waals surface area contributed by atoms with Gasteiger partial charge in [0.25, 0.3) is 0 Å². The van der Waals surface area contributed by atoms with E-state index in [1.54, 1.807) is 5.32 Å². The lowest BCUT2D eigenvalue weighted by atomic mass is 10.0. The van der Waals surface area contributed by atoms with Gasteiger partial charge < -0.3 is 14.8 Å². The van der Waals surface area contributed by atoms with E-state index in [0.29, 0.717) is 0 Å². The number of alkyl halides is 3. The summed E-state index contributed by atoms with van der Waals surface area (Å²) >= 11 is 0. The predicted molar refractivity (Wildman–Crippen MR) is 78.0 cm³/mol. The van der Waals surface area contributed by atoms with Crippen LogP contribution in [0.25, 0.3) is 11.0 Å². The van der Waals surface area contributed by atoms with Crippen LogP contribution in [0.2, 0.25) is 0 Å². The number of fused-ring (bicyclic) bond motifs is 1. The average molecular weight is 341 g/mol. The van der Waals surface area contributed by atoms with Gasteiger partial charge in [-0.3, -0.25) is 9.59 Å². The summed E-state index contributed by atoms with van der Waals surface area (Å²) in [5.41, 5.74) is -1.14. The van der Waals surface area contributed by atoms with E-state index in [9.17, 15) is 27.6 Å². The summed E-state index contributed by atoms with van der Waals surface area (Å²) in [6.45, 7) is 3.44. The van der Waals surface area contributed by atoms with E-state index < -0.39 is 29.2 Å². The monoisotopic (exact) mass is 341 g/mol. The molecule has 24 heavy (non-hydrogen) atoms. The molecule has 0 aliphatic carbocycles. The van der Waals surface area contributed by atoms with Crippen LogP contribution in [0.4, 0.5) is 18.9 Å². The maximum atomic E-state index is 12.4. The fourth-order valence-electron chi connectivity index (χ4n) is 2.04. The molecule has 2 aromatic rings. The lowest BCUT2D eigenvalue weighted by Gasteiger charge is -2.13. The quantitative estimate of drug-likeness (QED) is 0.834. The number of halogens is 3. The summed E-state index contributed by atoms with van der Waals surface area (Å²) in [5.74, 6) is -4.38. The Balaban J connectivity index is 2.71. The van der Waals surface area contributed by atoms with Gasteiger partial charge in [-0.2, -0.15) is 13.2 Å². The molecule has 0 saturated heterocycles. The van der Waals surface area contributed by atoms with Gasteiger partial charge in [0.05, 0.1) is 5.39 Å². The fourth-order valence-corrected chi connectivity index (χ4v) is 2.04. The molecule has 6 nitrogen and oxygen atoms in total. The number of rotatable bonds is 4. The fraction of sp³-hybridized carbons (Fsp3) is 0.133. The second-order valence-corrected chi connectivity index (χ2v) is 4.69. The normalized spacial score (nSPS) is 11.3. The summed E-state index contributed by atoms with van der Waals surface area (Å²) < 4.78 is 42.4. The minimum absolute atomic E-state index is 0.0142. The molecular formula is C15H10F3NO5. The van der Waals surface area contributed by atoms with Crippen molar-refractivity contribution in [2.75, 3.05) is 5.32 Å². The van der Waals surface area contributed by atoms with Crippen molar-refractivity contribution in [3.05, 3.63) is 52.4 Å². The molecule has 1 aromatic heterocycles. The van der Waals surface area contributed by atoms with Gasteiger partial charge in [-0.1, -0.05) is 6.08 Å². The number of carbonyl (C=O) groups excluding carboxylic acids is 1. The van der Waals surface area contributed by atoms with Crippen molar-refractivity contribution in [1.82, 2.24) is 0 Å². The number of hydrogen-bond donors (Lipinski definition) is 2. The smallest absolute Gasteiger partial charge is 0.471 e. The Labute approximate surface area is 132 Å². The zero-order valence-corrected chi connectivity index (χ0v) is 11.9. The van der Waals surface area contributed by atoms with E-state index in [4.69, 9.17) is 9.52 Å². The van der Waals surface area contributed by atoms with Gasteiger partial charge in [-0.15, -0.1) is 6.58 Å². The van der Waals surface area contributed by atoms with Gasteiger partial charge in [0, 0.05) is 17.3 Å². The van der Waals surface area contributed by atoms with Crippen molar-refractivity contribution in [1.29, 1.82) is 0 Å². The number of nitrogens with one attached hydrogen (secondary N) is 1. The Morgan fingerprint density at radius 2 is 2.00 bits per heavy atom. The molecule has 9 heteroatoms. The third-order valence-electron chi connectivity index (χ3n) is 3.07. The van der Waals surface area contributed by atoms with Crippen LogP contribution in [0.15, 0.2) is 40.1 Å². The Hall–Kier alpha value is -3.10. The topological polar surface area (TPSA) is 96.6 Å². The highest BCUT2D eigenvalue weighted by Crippen LogP contribution is 2.28. The molecule has 0 bridgehead atoms. The Bertz CT molecular complexity index is 898. The minimum atomic E-state index is -5.11. The van der Waals surface area contributed by atoms with E-state index >= 15 is 0 Å². The Morgan fingerprint density at radius 3 is 2.54 bits per heavy atom. The van der Waals surface area contributed by atoms with E-state index in [2.05, 4.69) is 6.58 Å². The molecule has 0 aliphatic rings. The summed E-state index contributed by atoms with van der Waals surface area (Å²) in [5, 5.41) is 10.6. The van der Waals surface area contributed by atoms with Crippen LogP contribution in [0.3, 0.4) is 0 Å². The van der Waals surface area contributed by atoms with E-state index in [0.717, 1.165) is 18.2 Å². The number of aromatic carboxylic acids is 1. The average Bonchev–Trinajstić information content (AvgIpc) is 2.48. The molecule has 1 amide bonds. The first-order valence-electron chi connectivity index (χ1n) is 6.47. The van der Waals surface area contributed by atoms with Crippen molar-refractivity contribution < 1.29 is 32.3 Å². The molecule has 0 aliphatic heterocycles. The van der Waals surface area contributed by atoms with Gasteiger partial charge in [-0.25, -0.2) is 4.79 Å². The summed E-state index contributed by atoms with van der Waals surface area (Å²) in [4.78, 5) is 34.0. The molecule has 2 N–H and O–H groups in total. The van der Waals surface area contributed by atoms with Gasteiger partial charge in [0.2, 0.25) is 5.76 Å². The SMILES string of the molecule is C=CCc1c(NC(=O)C(F)(F)F)ccc2c(=O)cc(C(=O)O)oc12. The largest absolute Gasteiger partial charge is 0.475 e. The third kappa shape index (κ3) is 3.29. The molecule has 0 fully saturated rings. The van der Waals surface area contributed by atoms with Crippen LogP contribution in [-0.2, 0) is 11.2 Å². The van der Waals surface area contributed by atoms with Crippen molar-refractivity contribution in [2.45, 2.75) is 12.6 Å². The maximum absolute atomic E-state index is 12.4. The molecule has 0 unspecified atom stereocenters. The van der Waals surface area contributed by atoms with Crippen LogP contribution < -0.4 is 10.7 Å². The molecule has 126 valence electrons. The number of carbonyl (C=O) groups is 2. The lowest BCUT2D eigenvalue weighted by molar-refractivity contribution is -0.167. The predicted octanol–water partition coefficient (Wildman–Crippen LogP) is 2.72. The molecule has 1 heterocycles. The molecule has 0 atom stereocenters. The first-order chi connectivity index (χ1) is 11.1. The highest BCUT2D eigenvalue weighted by atomic mass is 19.4. The van der Waals surface area contributed by atoms with Gasteiger partial charge in [0.15, 0.2) is 5.43 Å². The molecule has 0 spiro atoms. The van der Waals surface area contributed by atoms with Crippen molar-refractivity contribution in [3.8, 4) is 0 Å². The number of carboxylic acid groups (broad SMARTS) is 1. The number of benzene rings is 1. The minimum Gasteiger partial charge on any atom is -0.475 e. The van der Waals surface area contributed by atoms with Crippen LogP contribution in [-0.4, -0.2) is 23.2 Å². The highest BCUT2D eigenvalue weighted by molar-refractivity contribution is 5.98. The zero-order chi connectivity index (χ0) is 18.1. The van der Waals surface area contributed by atoms with Crippen LogP contribution >= 0.6 is 0 Å². The zero-order valence-electron chi connectivity index (χ0n) is 11.9. The Morgan fingerprint density at radius 1 is 1.33 bits per heavy atom. The number of allylic oxidation sites excluding steroid dienone is 1. The lowest BCUT2D eigenvalue weighted by Crippen LogP contribution is -2.30. The third-order valence-corrected chi connectivity index (χ3v) is 3.07. The summed E-state index contributed by atoms with van der Waals surface area (Å²) in [7, 11) is 0.